The van der Waals surface area contributed by atoms with E-state index in [1.54, 1.807) is 4.90 Å². The van der Waals surface area contributed by atoms with Crippen molar-refractivity contribution in [1.82, 2.24) is 15.1 Å². The van der Waals surface area contributed by atoms with Crippen LogP contribution in [0, 0.1) is 0 Å². The van der Waals surface area contributed by atoms with Crippen molar-refractivity contribution in [3.63, 3.8) is 0 Å². The van der Waals surface area contributed by atoms with E-state index in [0.29, 0.717) is 26.2 Å². The highest BCUT2D eigenvalue weighted by Gasteiger charge is 2.35. The minimum absolute atomic E-state index is 0. The number of rotatable bonds is 5. The topological polar surface area (TPSA) is 66.4 Å². The second-order valence-corrected chi connectivity index (χ2v) is 8.18. The van der Waals surface area contributed by atoms with Crippen molar-refractivity contribution in [2.24, 2.45) is 4.99 Å². The maximum absolute atomic E-state index is 12.0. The fourth-order valence-electron chi connectivity index (χ4n) is 4.09. The molecule has 0 saturated carbocycles. The van der Waals surface area contributed by atoms with Crippen LogP contribution in [0.3, 0.4) is 0 Å². The van der Waals surface area contributed by atoms with Gasteiger partial charge >= 0.3 is 6.09 Å². The van der Waals surface area contributed by atoms with E-state index in [1.807, 2.05) is 19.1 Å². The molecule has 1 aromatic carbocycles. The van der Waals surface area contributed by atoms with Crippen molar-refractivity contribution in [2.45, 2.75) is 32.1 Å². The van der Waals surface area contributed by atoms with Crippen LogP contribution in [0.15, 0.2) is 29.3 Å². The van der Waals surface area contributed by atoms with Gasteiger partial charge in [0.25, 0.3) is 0 Å². The Morgan fingerprint density at radius 1 is 1.19 bits per heavy atom. The Balaban J connectivity index is 0.00000341. The van der Waals surface area contributed by atoms with E-state index in [0.717, 1.165) is 56.7 Å². The third-order valence-corrected chi connectivity index (χ3v) is 6.09. The lowest BCUT2D eigenvalue weighted by atomic mass is 9.74. The molecule has 1 N–H and O–H groups in total. The summed E-state index contributed by atoms with van der Waals surface area (Å²) < 4.78 is 10.8. The summed E-state index contributed by atoms with van der Waals surface area (Å²) in [5.41, 5.74) is 1.15. The highest BCUT2D eigenvalue weighted by Crippen LogP contribution is 2.36. The molecule has 0 aromatic heterocycles. The maximum Gasteiger partial charge on any atom is 0.409 e. The third-order valence-electron chi connectivity index (χ3n) is 5.86. The average Bonchev–Trinajstić information content (AvgIpc) is 2.77. The van der Waals surface area contributed by atoms with E-state index in [-0.39, 0.29) is 35.5 Å². The van der Waals surface area contributed by atoms with Gasteiger partial charge in [-0.05, 0) is 44.4 Å². The highest BCUT2D eigenvalue weighted by atomic mass is 127. The minimum Gasteiger partial charge on any atom is -0.450 e. The number of guanidine groups is 1. The Hall–Kier alpha value is -1.26. The molecule has 2 aliphatic rings. The number of nitrogens with zero attached hydrogens (tertiary/aromatic N) is 3. The summed E-state index contributed by atoms with van der Waals surface area (Å²) in [6, 6.07) is 8.14. The molecule has 0 radical (unpaired) electrons. The standard InChI is InChI=1S/C22H33ClN4O3.HI/c1-3-24-20(26-10-12-27(13-11-26)21(28)30-4-2)25-17-22(8-14-29-15-9-22)18-6-5-7-19(23)16-18;/h5-7,16H,3-4,8-15,17H2,1-2H3,(H,24,25);1H. The van der Waals surface area contributed by atoms with Crippen molar-refractivity contribution in [2.75, 3.05) is 59.1 Å². The Morgan fingerprint density at radius 3 is 2.48 bits per heavy atom. The average molecular weight is 565 g/mol. The maximum atomic E-state index is 12.0. The van der Waals surface area contributed by atoms with Crippen LogP contribution in [0.1, 0.15) is 32.3 Å². The molecule has 0 bridgehead atoms. The molecule has 2 saturated heterocycles. The Labute approximate surface area is 207 Å². The number of ether oxygens (including phenoxy) is 2. The van der Waals surface area contributed by atoms with Crippen molar-refractivity contribution in [3.05, 3.63) is 34.9 Å². The predicted octanol–water partition coefficient (Wildman–Crippen LogP) is 3.75. The summed E-state index contributed by atoms with van der Waals surface area (Å²) in [7, 11) is 0. The van der Waals surface area contributed by atoms with Gasteiger partial charge in [0.2, 0.25) is 0 Å². The van der Waals surface area contributed by atoms with Crippen molar-refractivity contribution in [3.8, 4) is 0 Å². The van der Waals surface area contributed by atoms with Gasteiger partial charge in [-0.1, -0.05) is 23.7 Å². The van der Waals surface area contributed by atoms with Crippen LogP contribution in [0.4, 0.5) is 4.79 Å². The number of carbonyl (C=O) groups excluding carboxylic acids is 1. The fourth-order valence-corrected chi connectivity index (χ4v) is 4.28. The second-order valence-electron chi connectivity index (χ2n) is 7.75. The van der Waals surface area contributed by atoms with Crippen LogP contribution in [0.5, 0.6) is 0 Å². The predicted molar refractivity (Wildman–Crippen MR) is 135 cm³/mol. The molecule has 2 heterocycles. The van der Waals surface area contributed by atoms with Gasteiger partial charge in [0.05, 0.1) is 13.2 Å². The SMILES string of the molecule is CCNC(=NCC1(c2cccc(Cl)c2)CCOCC1)N1CCN(C(=O)OCC)CC1.I. The fraction of sp³-hybridized carbons (Fsp3) is 0.636. The van der Waals surface area contributed by atoms with Gasteiger partial charge in [-0.25, -0.2) is 4.79 Å². The van der Waals surface area contributed by atoms with Crippen molar-refractivity contribution >= 4 is 47.6 Å². The van der Waals surface area contributed by atoms with Crippen LogP contribution in [0.25, 0.3) is 0 Å². The molecule has 31 heavy (non-hydrogen) atoms. The quantitative estimate of drug-likeness (QED) is 0.335. The molecule has 9 heteroatoms. The van der Waals surface area contributed by atoms with E-state index in [9.17, 15) is 4.79 Å². The number of amides is 1. The molecule has 1 aromatic rings. The largest absolute Gasteiger partial charge is 0.450 e. The first-order valence-electron chi connectivity index (χ1n) is 10.9. The molecular weight excluding hydrogens is 531 g/mol. The lowest BCUT2D eigenvalue weighted by Crippen LogP contribution is -2.54. The zero-order chi connectivity index (χ0) is 21.4. The number of carbonyl (C=O) groups is 1. The molecule has 0 atom stereocenters. The van der Waals surface area contributed by atoms with Gasteiger partial charge in [-0.15, -0.1) is 24.0 Å². The van der Waals surface area contributed by atoms with Crippen molar-refractivity contribution < 1.29 is 14.3 Å². The molecule has 2 fully saturated rings. The van der Waals surface area contributed by atoms with Crippen molar-refractivity contribution in [1.29, 1.82) is 0 Å². The van der Waals surface area contributed by atoms with Crippen LogP contribution >= 0.6 is 35.6 Å². The number of halogens is 2. The molecular formula is C22H34ClIN4O3. The Kier molecular flexibility index (Phi) is 10.6. The van der Waals surface area contributed by atoms with E-state index in [2.05, 4.69) is 29.3 Å². The van der Waals surface area contributed by atoms with Gasteiger partial charge in [0, 0.05) is 56.4 Å². The number of nitrogens with one attached hydrogen (secondary N) is 1. The molecule has 0 spiro atoms. The van der Waals surface area contributed by atoms with Gasteiger partial charge in [0.15, 0.2) is 5.96 Å². The second kappa shape index (κ2) is 12.7. The molecule has 0 aliphatic carbocycles. The first-order chi connectivity index (χ1) is 14.6. The van der Waals surface area contributed by atoms with Crippen LogP contribution < -0.4 is 5.32 Å². The number of piperazine rings is 1. The summed E-state index contributed by atoms with van der Waals surface area (Å²) in [6.07, 6.45) is 1.61. The third kappa shape index (κ3) is 6.86. The smallest absolute Gasteiger partial charge is 0.409 e. The monoisotopic (exact) mass is 564 g/mol. The van der Waals surface area contributed by atoms with Gasteiger partial charge in [-0.3, -0.25) is 4.99 Å². The molecule has 7 nitrogen and oxygen atoms in total. The van der Waals surface area contributed by atoms with Gasteiger partial charge in [0.1, 0.15) is 0 Å². The summed E-state index contributed by atoms with van der Waals surface area (Å²) in [4.78, 5) is 21.0. The normalized spacial score (nSPS) is 18.9. The first kappa shape index (κ1) is 26.0. The molecule has 0 unspecified atom stereocenters. The summed E-state index contributed by atoms with van der Waals surface area (Å²) >= 11 is 6.29. The number of benzene rings is 1. The summed E-state index contributed by atoms with van der Waals surface area (Å²) in [5.74, 6) is 0.897. The first-order valence-corrected chi connectivity index (χ1v) is 11.2. The zero-order valence-corrected chi connectivity index (χ0v) is 21.5. The minimum atomic E-state index is -0.235. The summed E-state index contributed by atoms with van der Waals surface area (Å²) in [5, 5.41) is 4.18. The Bertz CT molecular complexity index is 735. The lowest BCUT2D eigenvalue weighted by molar-refractivity contribution is 0.0529. The van der Waals surface area contributed by atoms with E-state index >= 15 is 0 Å². The van der Waals surface area contributed by atoms with E-state index in [1.165, 1.54) is 5.56 Å². The summed E-state index contributed by atoms with van der Waals surface area (Å²) in [6.45, 7) is 9.98. The molecule has 3 rings (SSSR count). The van der Waals surface area contributed by atoms with Gasteiger partial charge < -0.3 is 24.6 Å². The van der Waals surface area contributed by atoms with E-state index in [4.69, 9.17) is 26.1 Å². The molecule has 2 aliphatic heterocycles. The van der Waals surface area contributed by atoms with E-state index < -0.39 is 0 Å². The zero-order valence-electron chi connectivity index (χ0n) is 18.4. The highest BCUT2D eigenvalue weighted by molar-refractivity contribution is 14.0. The lowest BCUT2D eigenvalue weighted by Gasteiger charge is -2.38. The van der Waals surface area contributed by atoms with Crippen LogP contribution in [0.2, 0.25) is 5.02 Å². The number of aliphatic imine (C=N–C) groups is 1. The number of hydrogen-bond acceptors (Lipinski definition) is 4. The number of hydrogen-bond donors (Lipinski definition) is 1. The van der Waals surface area contributed by atoms with Crippen LogP contribution in [-0.2, 0) is 14.9 Å². The Morgan fingerprint density at radius 2 is 1.87 bits per heavy atom. The molecule has 174 valence electrons. The molecule has 1 amide bonds. The van der Waals surface area contributed by atoms with Gasteiger partial charge in [-0.2, -0.15) is 0 Å². The van der Waals surface area contributed by atoms with Crippen LogP contribution in [-0.4, -0.2) is 80.9 Å².